The molecule has 0 saturated heterocycles. The van der Waals surface area contributed by atoms with Gasteiger partial charge in [-0.2, -0.15) is 0 Å². The molecule has 18 heavy (non-hydrogen) atoms. The molecule has 0 aliphatic rings. The maximum atomic E-state index is 6.01. The number of quaternary nitrogens is 1. The molecular weight excluding hydrogens is 269 g/mol. The molecule has 0 fully saturated rings. The number of unbranched alkanes of at least 4 members (excludes halogenated alkanes) is 1. The zero-order valence-electron chi connectivity index (χ0n) is 11.3. The minimum absolute atomic E-state index is 0.303. The van der Waals surface area contributed by atoms with Crippen LogP contribution < -0.4 is 10.1 Å². The van der Waals surface area contributed by atoms with Crippen molar-refractivity contribution >= 4 is 23.2 Å². The van der Waals surface area contributed by atoms with Crippen molar-refractivity contribution in [2.75, 3.05) is 13.2 Å². The van der Waals surface area contributed by atoms with Crippen molar-refractivity contribution in [3.8, 4) is 5.75 Å². The lowest BCUT2D eigenvalue weighted by atomic mass is 10.1. The van der Waals surface area contributed by atoms with Crippen molar-refractivity contribution in [1.29, 1.82) is 0 Å². The first-order valence-electron chi connectivity index (χ1n) is 6.31. The van der Waals surface area contributed by atoms with E-state index in [2.05, 4.69) is 26.1 Å². The number of halogens is 2. The number of hydrogen-bond donors (Lipinski definition) is 1. The Morgan fingerprint density at radius 1 is 1.17 bits per heavy atom. The number of nitrogens with two attached hydrogens (primary N) is 1. The minimum Gasteiger partial charge on any atom is -0.492 e. The summed E-state index contributed by atoms with van der Waals surface area (Å²) in [7, 11) is 0. The van der Waals surface area contributed by atoms with Gasteiger partial charge >= 0.3 is 0 Å². The Morgan fingerprint density at radius 3 is 2.56 bits per heavy atom. The van der Waals surface area contributed by atoms with Crippen LogP contribution in [0, 0.1) is 0 Å². The van der Waals surface area contributed by atoms with Gasteiger partial charge in [0.1, 0.15) is 5.75 Å². The molecule has 0 bridgehead atoms. The standard InChI is InChI=1S/C14H21Cl2NO/c1-14(2,3)17-8-4-5-9-18-13-10-11(15)6-7-12(13)16/h6-7,10,17H,4-5,8-9H2,1-3H3/p+1. The van der Waals surface area contributed by atoms with Gasteiger partial charge in [0.2, 0.25) is 0 Å². The number of ether oxygens (including phenoxy) is 1. The lowest BCUT2D eigenvalue weighted by Crippen LogP contribution is -2.94. The van der Waals surface area contributed by atoms with Crippen LogP contribution in [0.4, 0.5) is 0 Å². The SMILES string of the molecule is CC(C)(C)[NH2+]CCCCOc1cc(Cl)ccc1Cl. The summed E-state index contributed by atoms with van der Waals surface area (Å²) in [6.07, 6.45) is 2.16. The normalized spacial score (nSPS) is 11.6. The Morgan fingerprint density at radius 2 is 1.89 bits per heavy atom. The number of rotatable bonds is 6. The van der Waals surface area contributed by atoms with E-state index in [0.717, 1.165) is 19.4 Å². The van der Waals surface area contributed by atoms with Gasteiger partial charge < -0.3 is 10.1 Å². The average molecular weight is 291 g/mol. The fourth-order valence-corrected chi connectivity index (χ4v) is 1.89. The minimum atomic E-state index is 0.303. The Bertz CT molecular complexity index is 375. The van der Waals surface area contributed by atoms with Crippen molar-refractivity contribution in [3.05, 3.63) is 28.2 Å². The topological polar surface area (TPSA) is 25.8 Å². The van der Waals surface area contributed by atoms with Crippen LogP contribution in [0.2, 0.25) is 10.0 Å². The summed E-state index contributed by atoms with van der Waals surface area (Å²) in [6, 6.07) is 5.27. The summed E-state index contributed by atoms with van der Waals surface area (Å²) in [4.78, 5) is 0. The van der Waals surface area contributed by atoms with Crippen molar-refractivity contribution in [1.82, 2.24) is 0 Å². The summed E-state index contributed by atoms with van der Waals surface area (Å²) >= 11 is 11.9. The van der Waals surface area contributed by atoms with Crippen LogP contribution >= 0.6 is 23.2 Å². The lowest BCUT2D eigenvalue weighted by Gasteiger charge is -2.16. The summed E-state index contributed by atoms with van der Waals surface area (Å²) in [6.45, 7) is 8.45. The third-order valence-electron chi connectivity index (χ3n) is 2.51. The molecule has 0 amide bonds. The van der Waals surface area contributed by atoms with E-state index >= 15 is 0 Å². The van der Waals surface area contributed by atoms with Crippen LogP contribution in [0.15, 0.2) is 18.2 Å². The number of benzene rings is 1. The van der Waals surface area contributed by atoms with Gasteiger partial charge in [0.15, 0.2) is 0 Å². The predicted octanol–water partition coefficient (Wildman–Crippen LogP) is 3.51. The lowest BCUT2D eigenvalue weighted by molar-refractivity contribution is -0.717. The van der Waals surface area contributed by atoms with Gasteiger partial charge in [0.05, 0.1) is 23.7 Å². The van der Waals surface area contributed by atoms with E-state index in [9.17, 15) is 0 Å². The van der Waals surface area contributed by atoms with E-state index in [4.69, 9.17) is 27.9 Å². The monoisotopic (exact) mass is 290 g/mol. The Labute approximate surface area is 120 Å². The number of hydrogen-bond acceptors (Lipinski definition) is 1. The largest absolute Gasteiger partial charge is 0.492 e. The maximum Gasteiger partial charge on any atom is 0.139 e. The van der Waals surface area contributed by atoms with Crippen LogP contribution in [0.5, 0.6) is 5.75 Å². The molecule has 102 valence electrons. The van der Waals surface area contributed by atoms with Gasteiger partial charge in [-0.15, -0.1) is 0 Å². The third-order valence-corrected chi connectivity index (χ3v) is 3.05. The Hall–Kier alpha value is -0.440. The molecule has 2 nitrogen and oxygen atoms in total. The molecule has 0 heterocycles. The van der Waals surface area contributed by atoms with Crippen LogP contribution in [0.1, 0.15) is 33.6 Å². The zero-order valence-corrected chi connectivity index (χ0v) is 12.8. The molecule has 0 radical (unpaired) electrons. The summed E-state index contributed by atoms with van der Waals surface area (Å²) in [5.74, 6) is 0.670. The molecule has 0 aliphatic heterocycles. The van der Waals surface area contributed by atoms with E-state index in [1.165, 1.54) is 0 Å². The van der Waals surface area contributed by atoms with Crippen molar-refractivity contribution in [2.24, 2.45) is 0 Å². The van der Waals surface area contributed by atoms with Gasteiger partial charge in [-0.3, -0.25) is 0 Å². The smallest absolute Gasteiger partial charge is 0.139 e. The van der Waals surface area contributed by atoms with Crippen LogP contribution in [0.3, 0.4) is 0 Å². The highest BCUT2D eigenvalue weighted by molar-refractivity contribution is 6.34. The zero-order chi connectivity index (χ0) is 13.6. The quantitative estimate of drug-likeness (QED) is 0.797. The molecule has 0 unspecified atom stereocenters. The first-order chi connectivity index (χ1) is 8.38. The van der Waals surface area contributed by atoms with E-state index in [1.807, 2.05) is 0 Å². The van der Waals surface area contributed by atoms with Gasteiger partial charge in [-0.1, -0.05) is 23.2 Å². The fourth-order valence-electron chi connectivity index (χ4n) is 1.55. The van der Waals surface area contributed by atoms with Crippen molar-refractivity contribution in [2.45, 2.75) is 39.2 Å². The fraction of sp³-hybridized carbons (Fsp3) is 0.571. The van der Waals surface area contributed by atoms with Gasteiger partial charge in [-0.05, 0) is 45.7 Å². The van der Waals surface area contributed by atoms with E-state index in [-0.39, 0.29) is 0 Å². The molecule has 1 aromatic carbocycles. The first-order valence-corrected chi connectivity index (χ1v) is 7.06. The highest BCUT2D eigenvalue weighted by Gasteiger charge is 2.11. The van der Waals surface area contributed by atoms with Crippen LogP contribution in [0.25, 0.3) is 0 Å². The predicted molar refractivity (Wildman–Crippen MR) is 77.7 cm³/mol. The molecule has 0 atom stereocenters. The molecule has 0 spiro atoms. The summed E-state index contributed by atoms with van der Waals surface area (Å²) in [5.41, 5.74) is 0.303. The summed E-state index contributed by atoms with van der Waals surface area (Å²) < 4.78 is 5.62. The first kappa shape index (κ1) is 15.6. The van der Waals surface area contributed by atoms with Crippen molar-refractivity contribution in [3.63, 3.8) is 0 Å². The summed E-state index contributed by atoms with van der Waals surface area (Å²) in [5, 5.41) is 3.61. The third kappa shape index (κ3) is 6.48. The molecule has 0 aromatic heterocycles. The van der Waals surface area contributed by atoms with Gasteiger partial charge in [0, 0.05) is 11.1 Å². The maximum absolute atomic E-state index is 6.01. The highest BCUT2D eigenvalue weighted by atomic mass is 35.5. The van der Waals surface area contributed by atoms with Gasteiger partial charge in [0.25, 0.3) is 0 Å². The van der Waals surface area contributed by atoms with Crippen LogP contribution in [-0.4, -0.2) is 18.7 Å². The van der Waals surface area contributed by atoms with E-state index in [1.54, 1.807) is 18.2 Å². The second-order valence-electron chi connectivity index (χ2n) is 5.49. The molecule has 0 saturated carbocycles. The molecule has 2 N–H and O–H groups in total. The van der Waals surface area contributed by atoms with Crippen LogP contribution in [-0.2, 0) is 0 Å². The van der Waals surface area contributed by atoms with E-state index < -0.39 is 0 Å². The van der Waals surface area contributed by atoms with E-state index in [0.29, 0.717) is 27.9 Å². The Kier molecular flexibility index (Phi) is 6.27. The van der Waals surface area contributed by atoms with Gasteiger partial charge in [-0.25, -0.2) is 0 Å². The highest BCUT2D eigenvalue weighted by Crippen LogP contribution is 2.27. The molecule has 1 aromatic rings. The van der Waals surface area contributed by atoms with Crippen molar-refractivity contribution < 1.29 is 10.1 Å². The second-order valence-corrected chi connectivity index (χ2v) is 6.33. The Balaban J connectivity index is 2.20. The molecule has 0 aliphatic carbocycles. The molecular formula is C14H22Cl2NO+. The molecule has 4 heteroatoms. The second kappa shape index (κ2) is 7.22. The average Bonchev–Trinajstić information content (AvgIpc) is 2.26. The molecule has 1 rings (SSSR count).